The van der Waals surface area contributed by atoms with Crippen LogP contribution in [0.1, 0.15) is 36.5 Å². The number of ether oxygens (including phenoxy) is 2. The van der Waals surface area contributed by atoms with Crippen LogP contribution in [-0.4, -0.2) is 58.3 Å². The van der Waals surface area contributed by atoms with Crippen LogP contribution in [0.5, 0.6) is 5.75 Å². The summed E-state index contributed by atoms with van der Waals surface area (Å²) in [6.45, 7) is 5.36. The normalized spacial score (nSPS) is 13.7. The van der Waals surface area contributed by atoms with Crippen molar-refractivity contribution in [2.24, 2.45) is 5.73 Å². The first-order valence-electron chi connectivity index (χ1n) is 11.9. The van der Waals surface area contributed by atoms with Crippen LogP contribution in [0.4, 0.5) is 5.69 Å². The van der Waals surface area contributed by atoms with Crippen LogP contribution in [0.2, 0.25) is 0 Å². The predicted molar refractivity (Wildman–Crippen MR) is 156 cm³/mol. The van der Waals surface area contributed by atoms with Crippen LogP contribution in [0.3, 0.4) is 0 Å². The molecule has 0 spiro atoms. The highest BCUT2D eigenvalue weighted by Gasteiger charge is 2.27. The highest BCUT2D eigenvalue weighted by atomic mass is 35.5. The summed E-state index contributed by atoms with van der Waals surface area (Å²) >= 11 is 0. The summed E-state index contributed by atoms with van der Waals surface area (Å²) in [4.78, 5) is 12.0. The molecule has 1 heterocycles. The Labute approximate surface area is 237 Å². The van der Waals surface area contributed by atoms with Gasteiger partial charge in [0.1, 0.15) is 17.7 Å². The quantitative estimate of drug-likeness (QED) is 0.208. The van der Waals surface area contributed by atoms with E-state index in [1.54, 1.807) is 49.4 Å². The number of hydrogen-bond donors (Lipinski definition) is 3. The molecule has 2 aromatic carbocycles. The fourth-order valence-corrected chi connectivity index (χ4v) is 5.33. The Kier molecular flexibility index (Phi) is 13.6. The lowest BCUT2D eigenvalue weighted by Crippen LogP contribution is -2.37. The SMILES string of the molecule is CCOC(=O)CS(=O)(=O)N(C/C=C/c1cccc(C(=N)N)c1)c1ccc(OC2CCNCC2)cc1C.Cl.Cl. The van der Waals surface area contributed by atoms with Gasteiger partial charge in [-0.15, -0.1) is 24.8 Å². The highest BCUT2D eigenvalue weighted by Crippen LogP contribution is 2.29. The first kappa shape index (κ1) is 33.2. The molecular formula is C26H36Cl2N4O5S. The third kappa shape index (κ3) is 9.50. The van der Waals surface area contributed by atoms with Crippen molar-refractivity contribution in [2.75, 3.05) is 36.3 Å². The van der Waals surface area contributed by atoms with Crippen molar-refractivity contribution in [1.29, 1.82) is 5.41 Å². The van der Waals surface area contributed by atoms with E-state index in [0.29, 0.717) is 22.6 Å². The average molecular weight is 588 g/mol. The van der Waals surface area contributed by atoms with E-state index in [0.717, 1.165) is 31.5 Å². The number of esters is 1. The number of sulfonamides is 1. The van der Waals surface area contributed by atoms with Crippen molar-refractivity contribution in [3.8, 4) is 5.75 Å². The van der Waals surface area contributed by atoms with Crippen molar-refractivity contribution in [2.45, 2.75) is 32.8 Å². The van der Waals surface area contributed by atoms with E-state index in [2.05, 4.69) is 5.32 Å². The Morgan fingerprint density at radius 3 is 2.53 bits per heavy atom. The number of carbonyl (C=O) groups excluding carboxylic acids is 1. The van der Waals surface area contributed by atoms with Crippen LogP contribution < -0.4 is 20.1 Å². The summed E-state index contributed by atoms with van der Waals surface area (Å²) in [5.74, 6) is -0.931. The van der Waals surface area contributed by atoms with Crippen molar-refractivity contribution >= 4 is 58.4 Å². The number of piperidine rings is 1. The van der Waals surface area contributed by atoms with E-state index in [9.17, 15) is 13.2 Å². The molecule has 9 nitrogen and oxygen atoms in total. The number of nitrogen functional groups attached to an aromatic ring is 1. The summed E-state index contributed by atoms with van der Waals surface area (Å²) < 4.78 is 38.7. The van der Waals surface area contributed by atoms with Gasteiger partial charge < -0.3 is 20.5 Å². The van der Waals surface area contributed by atoms with Crippen LogP contribution in [0.15, 0.2) is 48.5 Å². The van der Waals surface area contributed by atoms with Crippen LogP contribution >= 0.6 is 24.8 Å². The lowest BCUT2D eigenvalue weighted by molar-refractivity contribution is -0.139. The maximum atomic E-state index is 13.3. The standard InChI is InChI=1S/C26H34N4O5S.2ClH/c1-3-34-25(31)18-36(32,33)30(15-5-7-20-6-4-8-21(17-20)26(27)28)24-10-9-23(16-19(24)2)35-22-11-13-29-14-12-22;;/h4-10,16-17,22,29H,3,11-15,18H2,1-2H3,(H3,27,28);2*1H/b7-5+;;. The van der Waals surface area contributed by atoms with Gasteiger partial charge in [0.25, 0.3) is 0 Å². The molecule has 38 heavy (non-hydrogen) atoms. The zero-order chi connectivity index (χ0) is 26.1. The molecule has 1 aliphatic heterocycles. The van der Waals surface area contributed by atoms with E-state index in [-0.39, 0.29) is 49.9 Å². The summed E-state index contributed by atoms with van der Waals surface area (Å²) in [5, 5.41) is 10.9. The number of nitrogens with one attached hydrogen (secondary N) is 2. The molecule has 0 atom stereocenters. The number of aryl methyl sites for hydroxylation is 1. The van der Waals surface area contributed by atoms with Crippen LogP contribution in [0, 0.1) is 12.3 Å². The molecule has 4 N–H and O–H groups in total. The molecular weight excluding hydrogens is 551 g/mol. The molecule has 1 aliphatic rings. The number of benzene rings is 2. The molecule has 0 unspecified atom stereocenters. The Morgan fingerprint density at radius 2 is 1.89 bits per heavy atom. The zero-order valence-corrected chi connectivity index (χ0v) is 24.0. The van der Waals surface area contributed by atoms with Gasteiger partial charge in [0.05, 0.1) is 18.8 Å². The average Bonchev–Trinajstić information content (AvgIpc) is 2.83. The second-order valence-electron chi connectivity index (χ2n) is 8.55. The number of nitrogens with two attached hydrogens (primary N) is 1. The molecule has 1 saturated heterocycles. The topological polar surface area (TPSA) is 135 Å². The van der Waals surface area contributed by atoms with E-state index < -0.39 is 21.7 Å². The lowest BCUT2D eigenvalue weighted by atomic mass is 10.1. The van der Waals surface area contributed by atoms with Gasteiger partial charge in [0, 0.05) is 5.56 Å². The Balaban J connectivity index is 0.00000361. The molecule has 2 aromatic rings. The molecule has 0 amide bonds. The maximum Gasteiger partial charge on any atom is 0.323 e. The molecule has 0 aliphatic carbocycles. The molecule has 12 heteroatoms. The summed E-state index contributed by atoms with van der Waals surface area (Å²) in [5.41, 5.74) is 8.08. The molecule has 0 radical (unpaired) electrons. The maximum absolute atomic E-state index is 13.3. The number of nitrogens with zero attached hydrogens (tertiary/aromatic N) is 1. The minimum Gasteiger partial charge on any atom is -0.490 e. The van der Waals surface area contributed by atoms with Crippen molar-refractivity contribution < 1.29 is 22.7 Å². The number of anilines is 1. The zero-order valence-electron chi connectivity index (χ0n) is 21.5. The van der Waals surface area contributed by atoms with Gasteiger partial charge in [0.15, 0.2) is 5.75 Å². The summed E-state index contributed by atoms with van der Waals surface area (Å²) in [6, 6.07) is 12.4. The summed E-state index contributed by atoms with van der Waals surface area (Å²) in [6.07, 6.45) is 5.39. The van der Waals surface area contributed by atoms with Crippen molar-refractivity contribution in [1.82, 2.24) is 5.32 Å². The van der Waals surface area contributed by atoms with Gasteiger partial charge >= 0.3 is 5.97 Å². The van der Waals surface area contributed by atoms with Gasteiger partial charge in [-0.1, -0.05) is 30.4 Å². The van der Waals surface area contributed by atoms with Crippen molar-refractivity contribution in [3.63, 3.8) is 0 Å². The first-order valence-corrected chi connectivity index (χ1v) is 13.6. The Hall–Kier alpha value is -2.79. The third-order valence-electron chi connectivity index (χ3n) is 5.75. The van der Waals surface area contributed by atoms with Crippen molar-refractivity contribution in [3.05, 3.63) is 65.2 Å². The first-order chi connectivity index (χ1) is 17.2. The number of amidine groups is 1. The second kappa shape index (κ2) is 15.6. The lowest BCUT2D eigenvalue weighted by Gasteiger charge is -2.26. The molecule has 210 valence electrons. The summed E-state index contributed by atoms with van der Waals surface area (Å²) in [7, 11) is -4.03. The van der Waals surface area contributed by atoms with Crippen LogP contribution in [-0.2, 0) is 19.6 Å². The van der Waals surface area contributed by atoms with Gasteiger partial charge in [-0.2, -0.15) is 0 Å². The monoisotopic (exact) mass is 586 g/mol. The second-order valence-corrected chi connectivity index (χ2v) is 10.4. The minimum atomic E-state index is -4.03. The largest absolute Gasteiger partial charge is 0.490 e. The van der Waals surface area contributed by atoms with Gasteiger partial charge in [0.2, 0.25) is 10.0 Å². The molecule has 3 rings (SSSR count). The van der Waals surface area contributed by atoms with Gasteiger partial charge in [-0.25, -0.2) is 8.42 Å². The number of rotatable bonds is 11. The van der Waals surface area contributed by atoms with E-state index in [1.165, 1.54) is 4.31 Å². The molecule has 0 saturated carbocycles. The molecule has 0 bridgehead atoms. The van der Waals surface area contributed by atoms with Gasteiger partial charge in [-0.3, -0.25) is 14.5 Å². The van der Waals surface area contributed by atoms with Gasteiger partial charge in [-0.05, 0) is 75.2 Å². The fraction of sp³-hybridized carbons (Fsp3) is 0.385. The number of carbonyl (C=O) groups is 1. The van der Waals surface area contributed by atoms with Crippen LogP contribution in [0.25, 0.3) is 6.08 Å². The Morgan fingerprint density at radius 1 is 1.18 bits per heavy atom. The van der Waals surface area contributed by atoms with E-state index in [4.69, 9.17) is 20.6 Å². The fourth-order valence-electron chi connectivity index (χ4n) is 3.97. The smallest absolute Gasteiger partial charge is 0.323 e. The minimum absolute atomic E-state index is 0. The molecule has 0 aromatic heterocycles. The highest BCUT2D eigenvalue weighted by molar-refractivity contribution is 7.93. The molecule has 1 fully saturated rings. The number of hydrogen-bond acceptors (Lipinski definition) is 7. The Bertz CT molecular complexity index is 1220. The predicted octanol–water partition coefficient (Wildman–Crippen LogP) is 3.67. The van der Waals surface area contributed by atoms with E-state index in [1.807, 2.05) is 19.1 Å². The third-order valence-corrected chi connectivity index (χ3v) is 7.36. The number of halogens is 2. The van der Waals surface area contributed by atoms with E-state index >= 15 is 0 Å².